The second-order valence-electron chi connectivity index (χ2n) is 3.46. The molecule has 0 radical (unpaired) electrons. The molecule has 0 saturated carbocycles. The highest BCUT2D eigenvalue weighted by Gasteiger charge is 2.33. The first-order valence-corrected chi connectivity index (χ1v) is 7.75. The average Bonchev–Trinajstić information content (AvgIpc) is 2.36. The van der Waals surface area contributed by atoms with Gasteiger partial charge in [0.05, 0.1) is 12.7 Å². The summed E-state index contributed by atoms with van der Waals surface area (Å²) >= 11 is 0. The number of hydrogen-bond acceptors (Lipinski definition) is 6. The molecule has 0 heterocycles. The van der Waals surface area contributed by atoms with Gasteiger partial charge in [-0.2, -0.15) is 21.6 Å². The second kappa shape index (κ2) is 6.75. The van der Waals surface area contributed by atoms with Crippen LogP contribution in [0.1, 0.15) is 5.56 Å². The summed E-state index contributed by atoms with van der Waals surface area (Å²) in [6, 6.07) is 1.68. The molecule has 1 unspecified atom stereocenters. The van der Waals surface area contributed by atoms with Crippen LogP contribution in [0.4, 0.5) is 13.2 Å². The molecule has 0 aliphatic rings. The van der Waals surface area contributed by atoms with Gasteiger partial charge in [-0.15, -0.1) is 0 Å². The Kier molecular flexibility index (Phi) is 5.76. The molecule has 0 aliphatic carbocycles. The molecule has 12 heteroatoms. The van der Waals surface area contributed by atoms with Crippen LogP contribution in [0.25, 0.3) is 0 Å². The highest BCUT2D eigenvalue weighted by Crippen LogP contribution is 2.35. The zero-order valence-electron chi connectivity index (χ0n) is 10.4. The summed E-state index contributed by atoms with van der Waals surface area (Å²) in [5, 5.41) is 0. The second-order valence-corrected chi connectivity index (χ2v) is 5.87. The normalized spacial score (nSPS) is 14.0. The van der Waals surface area contributed by atoms with Crippen molar-refractivity contribution in [2.45, 2.75) is 11.1 Å². The molecule has 0 amide bonds. The van der Waals surface area contributed by atoms with Crippen molar-refractivity contribution in [1.82, 2.24) is 0 Å². The molecule has 0 bridgehead atoms. The van der Waals surface area contributed by atoms with Crippen molar-refractivity contribution >= 4 is 18.4 Å². The molecule has 1 N–H and O–H groups in total. The number of ether oxygens (including phenoxy) is 1. The highest BCUT2D eigenvalue weighted by atomic mass is 32.2. The Bertz CT molecular complexity index is 629. The summed E-state index contributed by atoms with van der Waals surface area (Å²) < 4.78 is 84.1. The molecule has 0 aromatic heterocycles. The van der Waals surface area contributed by atoms with Crippen molar-refractivity contribution in [2.24, 2.45) is 0 Å². The van der Waals surface area contributed by atoms with Crippen LogP contribution in [-0.4, -0.2) is 27.2 Å². The van der Waals surface area contributed by atoms with Gasteiger partial charge in [-0.25, -0.2) is 4.18 Å². The van der Waals surface area contributed by atoms with Gasteiger partial charge in [0.25, 0.3) is 0 Å². The number of hydrogen-bond donors (Lipinski definition) is 1. The molecule has 1 aromatic carbocycles. The molecule has 7 nitrogen and oxygen atoms in total. The first-order chi connectivity index (χ1) is 9.58. The van der Waals surface area contributed by atoms with Crippen molar-refractivity contribution in [1.29, 1.82) is 0 Å². The molecule has 120 valence electrons. The Balaban J connectivity index is 3.09. The third-order valence-electron chi connectivity index (χ3n) is 2.15. The monoisotopic (exact) mass is 350 g/mol. The number of methoxy groups -OCH3 is 1. The lowest BCUT2D eigenvalue weighted by Gasteiger charge is -2.12. The van der Waals surface area contributed by atoms with Crippen molar-refractivity contribution in [3.8, 4) is 5.75 Å². The summed E-state index contributed by atoms with van der Waals surface area (Å²) in [7, 11) is -6.93. The largest absolute Gasteiger partial charge is 0.495 e. The topological polar surface area (TPSA) is 99.1 Å². The van der Waals surface area contributed by atoms with E-state index in [1.165, 1.54) is 0 Å². The molecule has 1 aromatic rings. The van der Waals surface area contributed by atoms with Crippen LogP contribution in [-0.2, 0) is 29.6 Å². The van der Waals surface area contributed by atoms with Gasteiger partial charge in [-0.3, -0.25) is 9.09 Å². The summed E-state index contributed by atoms with van der Waals surface area (Å²) in [5.41, 5.74) is -1.10. The predicted octanol–water partition coefficient (Wildman–Crippen LogP) is 1.78. The van der Waals surface area contributed by atoms with Crippen LogP contribution in [0.5, 0.6) is 5.75 Å². The standard InChI is InChI=1S/C9H10F3O7PS/c1-17-7-4-6(9(10,11)12)2-3-8(7)21(15,16)19-5-18-20(13)14/h2-4,20H,5H2,1H3,(H,13,14). The molecule has 0 aliphatic heterocycles. The minimum Gasteiger partial charge on any atom is -0.495 e. The van der Waals surface area contributed by atoms with E-state index in [1.807, 2.05) is 0 Å². The number of alkyl halides is 3. The van der Waals surface area contributed by atoms with Crippen molar-refractivity contribution < 1.29 is 44.5 Å². The van der Waals surface area contributed by atoms with E-state index < -0.39 is 47.6 Å². The fraction of sp³-hybridized carbons (Fsp3) is 0.333. The van der Waals surface area contributed by atoms with Gasteiger partial charge in [0, 0.05) is 0 Å². The van der Waals surface area contributed by atoms with E-state index in [0.717, 1.165) is 7.11 Å². The lowest BCUT2D eigenvalue weighted by atomic mass is 10.2. The smallest absolute Gasteiger partial charge is 0.416 e. The first kappa shape index (κ1) is 17.9. The molecular formula is C9H10F3O7PS. The van der Waals surface area contributed by atoms with Crippen LogP contribution in [0, 0.1) is 0 Å². The third-order valence-corrected chi connectivity index (χ3v) is 3.79. The summed E-state index contributed by atoms with van der Waals surface area (Å²) in [6.07, 6.45) is -4.67. The Morgan fingerprint density at radius 3 is 2.43 bits per heavy atom. The van der Waals surface area contributed by atoms with Crippen molar-refractivity contribution in [3.63, 3.8) is 0 Å². The van der Waals surface area contributed by atoms with Crippen LogP contribution < -0.4 is 4.74 Å². The minimum absolute atomic E-state index is 0.492. The Morgan fingerprint density at radius 2 is 1.95 bits per heavy atom. The van der Waals surface area contributed by atoms with Gasteiger partial charge < -0.3 is 9.63 Å². The van der Waals surface area contributed by atoms with Crippen LogP contribution in [0.2, 0.25) is 0 Å². The van der Waals surface area contributed by atoms with E-state index in [-0.39, 0.29) is 0 Å². The summed E-state index contributed by atoms with van der Waals surface area (Å²) in [4.78, 5) is 7.68. The number of rotatable bonds is 6. The third kappa shape index (κ3) is 4.97. The van der Waals surface area contributed by atoms with E-state index in [4.69, 9.17) is 4.89 Å². The quantitative estimate of drug-likeness (QED) is 0.474. The lowest BCUT2D eigenvalue weighted by Crippen LogP contribution is -2.11. The first-order valence-electron chi connectivity index (χ1n) is 5.08. The maximum absolute atomic E-state index is 12.5. The Labute approximate surface area is 118 Å². The zero-order valence-corrected chi connectivity index (χ0v) is 12.2. The zero-order chi connectivity index (χ0) is 16.3. The molecule has 21 heavy (non-hydrogen) atoms. The lowest BCUT2D eigenvalue weighted by molar-refractivity contribution is -0.137. The molecule has 0 spiro atoms. The van der Waals surface area contributed by atoms with E-state index in [2.05, 4.69) is 13.4 Å². The molecule has 1 atom stereocenters. The van der Waals surface area contributed by atoms with Crippen LogP contribution >= 0.6 is 8.25 Å². The maximum Gasteiger partial charge on any atom is 0.416 e. The SMILES string of the molecule is COc1cc(C(F)(F)F)ccc1S(=O)(=O)OCO[PH](=O)O. The minimum atomic E-state index is -4.67. The van der Waals surface area contributed by atoms with E-state index in [9.17, 15) is 26.2 Å². The summed E-state index contributed by atoms with van der Waals surface area (Å²) in [6.45, 7) is -1.05. The summed E-state index contributed by atoms with van der Waals surface area (Å²) in [5.74, 6) is -0.582. The van der Waals surface area contributed by atoms with Crippen molar-refractivity contribution in [3.05, 3.63) is 23.8 Å². The Morgan fingerprint density at radius 1 is 1.33 bits per heavy atom. The molecule has 0 fully saturated rings. The van der Waals surface area contributed by atoms with E-state index in [1.54, 1.807) is 0 Å². The number of benzene rings is 1. The van der Waals surface area contributed by atoms with Gasteiger partial charge in [0.1, 0.15) is 10.6 Å². The highest BCUT2D eigenvalue weighted by molar-refractivity contribution is 7.86. The Hall–Kier alpha value is -1.13. The van der Waals surface area contributed by atoms with Gasteiger partial charge in [-0.05, 0) is 18.2 Å². The van der Waals surface area contributed by atoms with E-state index >= 15 is 0 Å². The van der Waals surface area contributed by atoms with Gasteiger partial charge in [0.15, 0.2) is 6.79 Å². The fourth-order valence-electron chi connectivity index (χ4n) is 1.25. The van der Waals surface area contributed by atoms with Gasteiger partial charge in [0.2, 0.25) is 0 Å². The fourth-order valence-corrected chi connectivity index (χ4v) is 2.42. The molecule has 0 saturated heterocycles. The average molecular weight is 350 g/mol. The maximum atomic E-state index is 12.5. The van der Waals surface area contributed by atoms with Crippen molar-refractivity contribution in [2.75, 3.05) is 13.9 Å². The van der Waals surface area contributed by atoms with Crippen LogP contribution in [0.3, 0.4) is 0 Å². The van der Waals surface area contributed by atoms with Crippen LogP contribution in [0.15, 0.2) is 23.1 Å². The number of halogens is 3. The molecule has 1 rings (SSSR count). The van der Waals surface area contributed by atoms with Gasteiger partial charge in [-0.1, -0.05) is 0 Å². The predicted molar refractivity (Wildman–Crippen MR) is 63.4 cm³/mol. The van der Waals surface area contributed by atoms with E-state index in [0.29, 0.717) is 18.2 Å². The van der Waals surface area contributed by atoms with Gasteiger partial charge >= 0.3 is 24.5 Å². The molecular weight excluding hydrogens is 340 g/mol.